The number of hydrogen-bond acceptors (Lipinski definition) is 1. The van der Waals surface area contributed by atoms with Gasteiger partial charge in [-0.1, -0.05) is 43.3 Å². The van der Waals surface area contributed by atoms with Crippen LogP contribution < -0.4 is 0 Å². The highest BCUT2D eigenvalue weighted by Gasteiger charge is 2.19. The minimum atomic E-state index is -0.286. The van der Waals surface area contributed by atoms with Gasteiger partial charge in [0.15, 0.2) is 0 Å². The fraction of sp³-hybridized carbons (Fsp3) is 0.278. The van der Waals surface area contributed by atoms with E-state index in [2.05, 4.69) is 0 Å². The summed E-state index contributed by atoms with van der Waals surface area (Å²) in [4.78, 5) is 12.5. The smallest absolute Gasteiger partial charge is 0.144 e. The summed E-state index contributed by atoms with van der Waals surface area (Å²) in [6.07, 6.45) is 1.05. The van der Waals surface area contributed by atoms with Crippen molar-refractivity contribution >= 4 is 5.78 Å². The largest absolute Gasteiger partial charge is 0.299 e. The van der Waals surface area contributed by atoms with Crippen molar-refractivity contribution in [3.63, 3.8) is 0 Å². The summed E-state index contributed by atoms with van der Waals surface area (Å²) >= 11 is 0. The Morgan fingerprint density at radius 2 is 1.85 bits per heavy atom. The van der Waals surface area contributed by atoms with E-state index in [0.29, 0.717) is 0 Å². The Morgan fingerprint density at radius 3 is 2.50 bits per heavy atom. The Morgan fingerprint density at radius 1 is 1.15 bits per heavy atom. The Balaban J connectivity index is 2.20. The second-order valence-corrected chi connectivity index (χ2v) is 5.09. The lowest BCUT2D eigenvalue weighted by Crippen LogP contribution is -2.15. The average molecular weight is 270 g/mol. The topological polar surface area (TPSA) is 17.1 Å². The summed E-state index contributed by atoms with van der Waals surface area (Å²) in [6.45, 7) is 3.92. The molecule has 0 saturated carbocycles. The van der Waals surface area contributed by atoms with E-state index in [4.69, 9.17) is 0 Å². The van der Waals surface area contributed by atoms with E-state index in [9.17, 15) is 9.18 Å². The number of carbonyl (C=O) groups excluding carboxylic acids is 1. The highest BCUT2D eigenvalue weighted by atomic mass is 19.1. The van der Waals surface area contributed by atoms with Gasteiger partial charge >= 0.3 is 0 Å². The van der Waals surface area contributed by atoms with E-state index in [0.717, 1.165) is 23.1 Å². The number of carbonyl (C=O) groups is 1. The standard InChI is InChI=1S/C18H19FO/c1-3-17(14-7-5-4-6-8-14)18(20)12-15-11-16(19)10-9-13(15)2/h4-11,17H,3,12H2,1-2H3. The molecule has 0 N–H and O–H groups in total. The van der Waals surface area contributed by atoms with Crippen molar-refractivity contribution in [2.45, 2.75) is 32.6 Å². The number of ketones is 1. The zero-order chi connectivity index (χ0) is 14.5. The zero-order valence-electron chi connectivity index (χ0n) is 11.9. The Labute approximate surface area is 119 Å². The first kappa shape index (κ1) is 14.4. The van der Waals surface area contributed by atoms with Gasteiger partial charge in [-0.2, -0.15) is 0 Å². The van der Waals surface area contributed by atoms with Gasteiger partial charge in [0.05, 0.1) is 0 Å². The van der Waals surface area contributed by atoms with Crippen LogP contribution in [0, 0.1) is 12.7 Å². The number of aryl methyl sites for hydroxylation is 1. The molecule has 0 saturated heterocycles. The van der Waals surface area contributed by atoms with Crippen LogP contribution >= 0.6 is 0 Å². The molecule has 2 rings (SSSR count). The molecule has 0 heterocycles. The zero-order valence-corrected chi connectivity index (χ0v) is 11.9. The van der Waals surface area contributed by atoms with Crippen molar-refractivity contribution in [1.29, 1.82) is 0 Å². The minimum absolute atomic E-state index is 0.112. The number of rotatable bonds is 5. The summed E-state index contributed by atoms with van der Waals surface area (Å²) in [5, 5.41) is 0. The van der Waals surface area contributed by atoms with E-state index in [1.54, 1.807) is 6.07 Å². The molecule has 20 heavy (non-hydrogen) atoms. The molecular formula is C18H19FO. The minimum Gasteiger partial charge on any atom is -0.299 e. The van der Waals surface area contributed by atoms with Crippen molar-refractivity contribution in [3.8, 4) is 0 Å². The molecule has 0 fully saturated rings. The van der Waals surface area contributed by atoms with Gasteiger partial charge in [-0.3, -0.25) is 4.79 Å². The molecule has 0 aliphatic heterocycles. The van der Waals surface area contributed by atoms with Gasteiger partial charge in [0, 0.05) is 12.3 Å². The summed E-state index contributed by atoms with van der Waals surface area (Å²) < 4.78 is 13.3. The molecule has 1 atom stereocenters. The van der Waals surface area contributed by atoms with Crippen molar-refractivity contribution in [2.24, 2.45) is 0 Å². The third kappa shape index (κ3) is 3.32. The molecule has 0 aromatic heterocycles. The van der Waals surface area contributed by atoms with Gasteiger partial charge in [0.1, 0.15) is 11.6 Å². The van der Waals surface area contributed by atoms with Crippen LogP contribution in [0.3, 0.4) is 0 Å². The summed E-state index contributed by atoms with van der Waals surface area (Å²) in [5.74, 6) is -0.252. The highest BCUT2D eigenvalue weighted by molar-refractivity contribution is 5.87. The molecule has 0 aliphatic carbocycles. The van der Waals surface area contributed by atoms with Crippen LogP contribution in [0.2, 0.25) is 0 Å². The monoisotopic (exact) mass is 270 g/mol. The lowest BCUT2D eigenvalue weighted by molar-refractivity contribution is -0.119. The molecule has 0 bridgehead atoms. The third-order valence-electron chi connectivity index (χ3n) is 3.67. The van der Waals surface area contributed by atoms with Crippen LogP contribution in [0.15, 0.2) is 48.5 Å². The second-order valence-electron chi connectivity index (χ2n) is 5.09. The lowest BCUT2D eigenvalue weighted by atomic mass is 9.88. The van der Waals surface area contributed by atoms with Crippen molar-refractivity contribution in [2.75, 3.05) is 0 Å². The lowest BCUT2D eigenvalue weighted by Gasteiger charge is -2.15. The number of hydrogen-bond donors (Lipinski definition) is 0. The molecule has 2 aromatic carbocycles. The van der Waals surface area contributed by atoms with E-state index < -0.39 is 0 Å². The summed E-state index contributed by atoms with van der Waals surface area (Å²) in [7, 11) is 0. The molecule has 104 valence electrons. The molecule has 1 nitrogen and oxygen atoms in total. The van der Waals surface area contributed by atoms with Crippen LogP contribution in [0.5, 0.6) is 0 Å². The van der Waals surface area contributed by atoms with Crippen LogP contribution in [0.25, 0.3) is 0 Å². The van der Waals surface area contributed by atoms with Crippen molar-refractivity contribution in [1.82, 2.24) is 0 Å². The SMILES string of the molecule is CCC(C(=O)Cc1cc(F)ccc1C)c1ccccc1. The molecule has 0 spiro atoms. The Kier molecular flexibility index (Phi) is 4.67. The summed E-state index contributed by atoms with van der Waals surface area (Å²) in [6, 6.07) is 14.4. The van der Waals surface area contributed by atoms with Crippen LogP contribution in [-0.4, -0.2) is 5.78 Å². The maximum atomic E-state index is 13.3. The molecule has 0 aliphatic rings. The molecule has 0 amide bonds. The van der Waals surface area contributed by atoms with E-state index in [-0.39, 0.29) is 23.9 Å². The van der Waals surface area contributed by atoms with Gasteiger partial charge in [0.2, 0.25) is 0 Å². The Bertz CT molecular complexity index is 590. The van der Waals surface area contributed by atoms with Gasteiger partial charge in [-0.05, 0) is 42.2 Å². The van der Waals surface area contributed by atoms with Crippen molar-refractivity contribution in [3.05, 3.63) is 71.0 Å². The normalized spacial score (nSPS) is 12.2. The molecular weight excluding hydrogens is 251 g/mol. The molecule has 2 aromatic rings. The van der Waals surface area contributed by atoms with Gasteiger partial charge in [0.25, 0.3) is 0 Å². The predicted octanol–water partition coefficient (Wildman–Crippen LogP) is 4.44. The van der Waals surface area contributed by atoms with Gasteiger partial charge in [-0.25, -0.2) is 4.39 Å². The van der Waals surface area contributed by atoms with Gasteiger partial charge < -0.3 is 0 Å². The average Bonchev–Trinajstić information content (AvgIpc) is 2.45. The Hall–Kier alpha value is -1.96. The first-order valence-corrected chi connectivity index (χ1v) is 6.94. The van der Waals surface area contributed by atoms with Crippen molar-refractivity contribution < 1.29 is 9.18 Å². The first-order valence-electron chi connectivity index (χ1n) is 6.94. The highest BCUT2D eigenvalue weighted by Crippen LogP contribution is 2.23. The predicted molar refractivity (Wildman–Crippen MR) is 79.3 cm³/mol. The fourth-order valence-electron chi connectivity index (χ4n) is 2.48. The third-order valence-corrected chi connectivity index (χ3v) is 3.67. The quantitative estimate of drug-likeness (QED) is 0.785. The maximum absolute atomic E-state index is 13.3. The van der Waals surface area contributed by atoms with E-state index in [1.165, 1.54) is 12.1 Å². The molecule has 1 unspecified atom stereocenters. The van der Waals surface area contributed by atoms with E-state index in [1.807, 2.05) is 44.2 Å². The summed E-state index contributed by atoms with van der Waals surface area (Å²) in [5.41, 5.74) is 2.78. The van der Waals surface area contributed by atoms with E-state index >= 15 is 0 Å². The van der Waals surface area contributed by atoms with Crippen LogP contribution in [-0.2, 0) is 11.2 Å². The molecule has 0 radical (unpaired) electrons. The second kappa shape index (κ2) is 6.47. The van der Waals surface area contributed by atoms with Crippen LogP contribution in [0.4, 0.5) is 4.39 Å². The van der Waals surface area contributed by atoms with Crippen LogP contribution in [0.1, 0.15) is 36.0 Å². The molecule has 2 heteroatoms. The number of benzene rings is 2. The fourth-order valence-corrected chi connectivity index (χ4v) is 2.48. The number of halogens is 1. The van der Waals surface area contributed by atoms with Gasteiger partial charge in [-0.15, -0.1) is 0 Å². The maximum Gasteiger partial charge on any atom is 0.144 e. The number of Topliss-reactive ketones (excluding diaryl/α,β-unsaturated/α-hetero) is 1. The first-order chi connectivity index (χ1) is 9.61.